The largest absolute Gasteiger partial charge is 0.344 e. The van der Waals surface area contributed by atoms with Gasteiger partial charge in [0.15, 0.2) is 0 Å². The zero-order chi connectivity index (χ0) is 25.1. The zero-order valence-electron chi connectivity index (χ0n) is 20.3. The third-order valence-corrected chi connectivity index (χ3v) is 8.88. The van der Waals surface area contributed by atoms with Crippen molar-refractivity contribution in [1.82, 2.24) is 25.4 Å². The molecule has 2 aliphatic rings. The molecule has 34 heavy (non-hydrogen) atoms. The van der Waals surface area contributed by atoms with Crippen molar-refractivity contribution in [1.29, 1.82) is 0 Å². The summed E-state index contributed by atoms with van der Waals surface area (Å²) in [6, 6.07) is 5.66. The molecule has 10 nitrogen and oxygen atoms in total. The summed E-state index contributed by atoms with van der Waals surface area (Å²) >= 11 is 0. The van der Waals surface area contributed by atoms with Crippen molar-refractivity contribution in [2.45, 2.75) is 69.9 Å². The summed E-state index contributed by atoms with van der Waals surface area (Å²) in [6.45, 7) is 8.21. The van der Waals surface area contributed by atoms with Crippen molar-refractivity contribution in [3.05, 3.63) is 29.8 Å². The van der Waals surface area contributed by atoms with Crippen molar-refractivity contribution >= 4 is 27.9 Å². The van der Waals surface area contributed by atoms with Crippen LogP contribution < -0.4 is 16.1 Å². The van der Waals surface area contributed by atoms with Gasteiger partial charge in [0.2, 0.25) is 10.0 Å². The van der Waals surface area contributed by atoms with Gasteiger partial charge in [-0.25, -0.2) is 13.2 Å². The number of nitrogens with zero attached hydrogens (tertiary/aromatic N) is 2. The predicted octanol–water partition coefficient (Wildman–Crippen LogP) is 1.90. The van der Waals surface area contributed by atoms with Crippen molar-refractivity contribution in [3.63, 3.8) is 0 Å². The van der Waals surface area contributed by atoms with Crippen LogP contribution in [0.3, 0.4) is 0 Å². The van der Waals surface area contributed by atoms with Gasteiger partial charge in [0.25, 0.3) is 11.8 Å². The van der Waals surface area contributed by atoms with E-state index in [1.807, 2.05) is 6.92 Å². The first-order chi connectivity index (χ1) is 16.0. The van der Waals surface area contributed by atoms with Gasteiger partial charge >= 0.3 is 6.03 Å². The molecule has 0 aromatic heterocycles. The van der Waals surface area contributed by atoms with E-state index in [0.29, 0.717) is 31.8 Å². The fraction of sp³-hybridized carbons (Fsp3) is 0.609. The molecule has 4 amide bonds. The second-order valence-electron chi connectivity index (χ2n) is 9.13. The normalized spacial score (nSPS) is 23.9. The van der Waals surface area contributed by atoms with E-state index < -0.39 is 33.4 Å². The molecule has 1 aromatic rings. The number of hydrogen-bond donors (Lipinski definition) is 3. The second kappa shape index (κ2) is 10.4. The number of rotatable bonds is 9. The van der Waals surface area contributed by atoms with Gasteiger partial charge in [-0.1, -0.05) is 32.9 Å². The van der Waals surface area contributed by atoms with E-state index in [2.05, 4.69) is 23.0 Å². The van der Waals surface area contributed by atoms with E-state index in [9.17, 15) is 22.8 Å². The average molecular weight is 494 g/mol. The summed E-state index contributed by atoms with van der Waals surface area (Å²) in [5, 5.41) is 6.60. The summed E-state index contributed by atoms with van der Waals surface area (Å²) in [5.74, 6) is -0.413. The molecule has 1 aromatic carbocycles. The lowest BCUT2D eigenvalue weighted by atomic mass is 9.77. The van der Waals surface area contributed by atoms with Gasteiger partial charge in [0, 0.05) is 19.1 Å². The van der Waals surface area contributed by atoms with Gasteiger partial charge in [-0.15, -0.1) is 0 Å². The number of carbonyl (C=O) groups is 3. The van der Waals surface area contributed by atoms with E-state index >= 15 is 0 Å². The molecular weight excluding hydrogens is 458 g/mol. The number of amides is 4. The van der Waals surface area contributed by atoms with Gasteiger partial charge in [0.1, 0.15) is 5.54 Å². The Morgan fingerprint density at radius 1 is 1.18 bits per heavy atom. The maximum atomic E-state index is 12.9. The highest BCUT2D eigenvalue weighted by atomic mass is 32.2. The highest BCUT2D eigenvalue weighted by molar-refractivity contribution is 7.89. The quantitative estimate of drug-likeness (QED) is 0.451. The first-order valence-electron chi connectivity index (χ1n) is 11.8. The van der Waals surface area contributed by atoms with E-state index in [-0.39, 0.29) is 17.5 Å². The van der Waals surface area contributed by atoms with E-state index in [1.165, 1.54) is 4.31 Å². The molecule has 1 saturated heterocycles. The number of sulfonamides is 1. The van der Waals surface area contributed by atoms with Gasteiger partial charge in [-0.2, -0.15) is 9.31 Å². The molecule has 1 aliphatic carbocycles. The molecule has 3 N–H and O–H groups in total. The number of hydrazine groups is 1. The summed E-state index contributed by atoms with van der Waals surface area (Å²) in [5.41, 5.74) is 2.30. The van der Waals surface area contributed by atoms with Crippen LogP contribution in [0.4, 0.5) is 4.79 Å². The van der Waals surface area contributed by atoms with E-state index in [4.69, 9.17) is 0 Å². The third-order valence-electron chi connectivity index (χ3n) is 6.82. The highest BCUT2D eigenvalue weighted by Gasteiger charge is 2.52. The molecular formula is C23H35N5O5S. The standard InChI is InChI=1S/C23H35N5O5S/c1-5-27(6-2)34(32,33)19-9-7-18(8-10-19)17(4)24-15-20(29)26-28-21(30)23(25-22(28)31)13-11-16(3)12-14-23/h7-10,16-17,24H,5-6,11-15H2,1-4H3,(H,25,31)(H,26,29). The molecule has 11 heteroatoms. The first-order valence-corrected chi connectivity index (χ1v) is 13.3. The summed E-state index contributed by atoms with van der Waals surface area (Å²) in [4.78, 5) is 37.9. The molecule has 188 valence electrons. The van der Waals surface area contributed by atoms with Crippen LogP contribution in [0, 0.1) is 5.92 Å². The Morgan fingerprint density at radius 3 is 2.32 bits per heavy atom. The molecule has 1 atom stereocenters. The van der Waals surface area contributed by atoms with Crippen LogP contribution in [0.15, 0.2) is 29.2 Å². The van der Waals surface area contributed by atoms with Crippen LogP contribution >= 0.6 is 0 Å². The first kappa shape index (κ1) is 26.1. The maximum absolute atomic E-state index is 12.9. The summed E-state index contributed by atoms with van der Waals surface area (Å²) < 4.78 is 26.6. The van der Waals surface area contributed by atoms with Gasteiger partial charge in [-0.05, 0) is 56.2 Å². The van der Waals surface area contributed by atoms with Crippen molar-refractivity contribution in [2.75, 3.05) is 19.6 Å². The van der Waals surface area contributed by atoms with Gasteiger partial charge in [-0.3, -0.25) is 15.0 Å². The molecule has 1 unspecified atom stereocenters. The van der Waals surface area contributed by atoms with Crippen molar-refractivity contribution < 1.29 is 22.8 Å². The minimum absolute atomic E-state index is 0.123. The highest BCUT2D eigenvalue weighted by Crippen LogP contribution is 2.35. The molecule has 1 spiro atoms. The fourth-order valence-corrected chi connectivity index (χ4v) is 5.94. The lowest BCUT2D eigenvalue weighted by Crippen LogP contribution is -2.52. The average Bonchev–Trinajstić information content (AvgIpc) is 3.04. The van der Waals surface area contributed by atoms with Gasteiger partial charge in [0.05, 0.1) is 11.4 Å². The molecule has 0 radical (unpaired) electrons. The van der Waals surface area contributed by atoms with Crippen LogP contribution in [-0.2, 0) is 19.6 Å². The van der Waals surface area contributed by atoms with Crippen molar-refractivity contribution in [3.8, 4) is 0 Å². The predicted molar refractivity (Wildman–Crippen MR) is 127 cm³/mol. The summed E-state index contributed by atoms with van der Waals surface area (Å²) in [6.07, 6.45) is 2.84. The molecule has 2 fully saturated rings. The van der Waals surface area contributed by atoms with Crippen LogP contribution in [0.5, 0.6) is 0 Å². The topological polar surface area (TPSA) is 128 Å². The Hall–Kier alpha value is -2.50. The number of urea groups is 1. The van der Waals surface area contributed by atoms with Crippen LogP contribution in [0.1, 0.15) is 65.0 Å². The number of nitrogens with one attached hydrogen (secondary N) is 3. The van der Waals surface area contributed by atoms with E-state index in [0.717, 1.165) is 23.4 Å². The smallest absolute Gasteiger partial charge is 0.322 e. The Bertz CT molecular complexity index is 1010. The number of imide groups is 1. The number of carbonyl (C=O) groups excluding carboxylic acids is 3. The van der Waals surface area contributed by atoms with Crippen LogP contribution in [-0.4, -0.2) is 60.8 Å². The maximum Gasteiger partial charge on any atom is 0.344 e. The van der Waals surface area contributed by atoms with Crippen LogP contribution in [0.2, 0.25) is 0 Å². The monoisotopic (exact) mass is 493 g/mol. The lowest BCUT2D eigenvalue weighted by Gasteiger charge is -2.33. The molecule has 3 rings (SSSR count). The van der Waals surface area contributed by atoms with Crippen molar-refractivity contribution in [2.24, 2.45) is 5.92 Å². The number of benzene rings is 1. The molecule has 0 bridgehead atoms. The Balaban J connectivity index is 1.55. The Labute approximate surface area is 201 Å². The Kier molecular flexibility index (Phi) is 7.99. The van der Waals surface area contributed by atoms with Crippen LogP contribution in [0.25, 0.3) is 0 Å². The zero-order valence-corrected chi connectivity index (χ0v) is 21.1. The lowest BCUT2D eigenvalue weighted by molar-refractivity contribution is -0.139. The molecule has 1 heterocycles. The number of hydrogen-bond acceptors (Lipinski definition) is 6. The summed E-state index contributed by atoms with van der Waals surface area (Å²) in [7, 11) is -3.53. The Morgan fingerprint density at radius 2 is 1.76 bits per heavy atom. The SMILES string of the molecule is CCN(CC)S(=O)(=O)c1ccc(C(C)NCC(=O)NN2C(=O)NC3(CCC(C)CC3)C2=O)cc1. The second-order valence-corrected chi connectivity index (χ2v) is 11.1. The van der Waals surface area contributed by atoms with E-state index in [1.54, 1.807) is 38.1 Å². The van der Waals surface area contributed by atoms with Gasteiger partial charge < -0.3 is 10.6 Å². The third kappa shape index (κ3) is 5.26. The molecule has 1 aliphatic heterocycles. The minimum Gasteiger partial charge on any atom is -0.322 e. The molecule has 1 saturated carbocycles. The minimum atomic E-state index is -3.53. The fourth-order valence-electron chi connectivity index (χ4n) is 4.48.